The number of alkyl halides is 3. The summed E-state index contributed by atoms with van der Waals surface area (Å²) in [6, 6.07) is 17.1. The number of nitrogens with zero attached hydrogens (tertiary/aromatic N) is 1. The quantitative estimate of drug-likeness (QED) is 0.345. The van der Waals surface area contributed by atoms with Crippen molar-refractivity contribution >= 4 is 16.9 Å². The smallest absolute Gasteiger partial charge is 0.416 e. The summed E-state index contributed by atoms with van der Waals surface area (Å²) in [6.45, 7) is 0.244. The molecule has 0 N–H and O–H groups in total. The van der Waals surface area contributed by atoms with Gasteiger partial charge >= 0.3 is 12.1 Å². The van der Waals surface area contributed by atoms with Crippen LogP contribution in [0.1, 0.15) is 21.5 Å². The maximum absolute atomic E-state index is 13.6. The highest BCUT2D eigenvalue weighted by atomic mass is 19.4. The van der Waals surface area contributed by atoms with Crippen LogP contribution in [0.2, 0.25) is 0 Å². The number of hydrogen-bond donors (Lipinski definition) is 0. The molecule has 3 aromatic carbocycles. The second-order valence-corrected chi connectivity index (χ2v) is 7.60. The van der Waals surface area contributed by atoms with Crippen LogP contribution in [0, 0.1) is 0 Å². The van der Waals surface area contributed by atoms with Crippen LogP contribution < -0.4 is 14.9 Å². The van der Waals surface area contributed by atoms with Crippen molar-refractivity contribution in [2.45, 2.75) is 12.8 Å². The molecular weight excluding hydrogens is 463 g/mol. The molecule has 0 saturated carbocycles. The highest BCUT2D eigenvalue weighted by molar-refractivity contribution is 5.94. The van der Waals surface area contributed by atoms with Gasteiger partial charge < -0.3 is 18.8 Å². The van der Waals surface area contributed by atoms with Gasteiger partial charge in [0.25, 0.3) is 0 Å². The molecule has 4 rings (SSSR count). The second kappa shape index (κ2) is 9.54. The van der Waals surface area contributed by atoms with Crippen LogP contribution in [0.25, 0.3) is 16.6 Å². The Balaban J connectivity index is 1.92. The first-order valence-corrected chi connectivity index (χ1v) is 10.4. The zero-order valence-electron chi connectivity index (χ0n) is 18.8. The highest BCUT2D eigenvalue weighted by Crippen LogP contribution is 2.34. The topological polar surface area (TPSA) is 66.8 Å². The summed E-state index contributed by atoms with van der Waals surface area (Å²) in [5, 5.41) is 0.108. The average Bonchev–Trinajstić information content (AvgIpc) is 2.87. The molecule has 35 heavy (non-hydrogen) atoms. The van der Waals surface area contributed by atoms with Crippen molar-refractivity contribution in [3.8, 4) is 17.2 Å². The predicted octanol–water partition coefficient (Wildman–Crippen LogP) is 5.38. The van der Waals surface area contributed by atoms with Crippen LogP contribution in [0.5, 0.6) is 11.5 Å². The maximum Gasteiger partial charge on any atom is 0.416 e. The predicted molar refractivity (Wildman–Crippen MR) is 123 cm³/mol. The van der Waals surface area contributed by atoms with Crippen molar-refractivity contribution in [3.05, 3.63) is 99.8 Å². The number of methoxy groups -OCH3 is 2. The second-order valence-electron chi connectivity index (χ2n) is 7.60. The van der Waals surface area contributed by atoms with Crippen LogP contribution in [0.15, 0.2) is 77.7 Å². The molecule has 0 fully saturated rings. The first-order valence-electron chi connectivity index (χ1n) is 10.4. The number of carbonyl (C=O) groups is 1. The maximum atomic E-state index is 13.6. The van der Waals surface area contributed by atoms with Crippen molar-refractivity contribution in [2.24, 2.45) is 0 Å². The molecule has 0 aliphatic rings. The molecule has 6 nitrogen and oxygen atoms in total. The van der Waals surface area contributed by atoms with E-state index < -0.39 is 23.1 Å². The molecule has 0 saturated heterocycles. The van der Waals surface area contributed by atoms with Crippen LogP contribution in [0.4, 0.5) is 13.2 Å². The fourth-order valence-electron chi connectivity index (χ4n) is 3.61. The van der Waals surface area contributed by atoms with Gasteiger partial charge in [-0.2, -0.15) is 13.2 Å². The number of ether oxygens (including phenoxy) is 3. The van der Waals surface area contributed by atoms with E-state index >= 15 is 0 Å². The lowest BCUT2D eigenvalue weighted by molar-refractivity contribution is -0.137. The van der Waals surface area contributed by atoms with E-state index in [0.717, 1.165) is 31.0 Å². The number of carbonyl (C=O) groups excluding carboxylic acids is 1. The summed E-state index contributed by atoms with van der Waals surface area (Å²) < 4.78 is 57.6. The van der Waals surface area contributed by atoms with Crippen molar-refractivity contribution in [1.82, 2.24) is 4.57 Å². The third-order valence-electron chi connectivity index (χ3n) is 5.36. The van der Waals surface area contributed by atoms with Crippen molar-refractivity contribution in [3.63, 3.8) is 0 Å². The Bertz CT molecular complexity index is 1450. The fraction of sp³-hybridized carbons (Fsp3) is 0.154. The van der Waals surface area contributed by atoms with E-state index in [0.29, 0.717) is 5.75 Å². The lowest BCUT2D eigenvalue weighted by atomic mass is 10.1. The Morgan fingerprint density at radius 1 is 0.943 bits per heavy atom. The molecule has 1 heterocycles. The molecule has 0 spiro atoms. The third kappa shape index (κ3) is 4.98. The molecule has 0 bridgehead atoms. The molecule has 0 atom stereocenters. The van der Waals surface area contributed by atoms with Gasteiger partial charge in [0.2, 0.25) is 5.43 Å². The van der Waals surface area contributed by atoms with E-state index in [2.05, 4.69) is 0 Å². The third-order valence-corrected chi connectivity index (χ3v) is 5.36. The number of aromatic nitrogens is 1. The number of benzene rings is 3. The van der Waals surface area contributed by atoms with Gasteiger partial charge in [0, 0.05) is 29.4 Å². The number of pyridine rings is 1. The van der Waals surface area contributed by atoms with E-state index in [-0.39, 0.29) is 34.5 Å². The Morgan fingerprint density at radius 2 is 1.69 bits per heavy atom. The average molecular weight is 483 g/mol. The molecule has 0 radical (unpaired) electrons. The van der Waals surface area contributed by atoms with E-state index in [9.17, 15) is 22.8 Å². The van der Waals surface area contributed by atoms with Crippen LogP contribution >= 0.6 is 0 Å². The molecule has 9 heteroatoms. The Hall–Kier alpha value is -4.27. The van der Waals surface area contributed by atoms with E-state index in [4.69, 9.17) is 14.2 Å². The van der Waals surface area contributed by atoms with E-state index in [1.165, 1.54) is 29.9 Å². The minimum absolute atomic E-state index is 0.0343. The SMILES string of the molecule is COC(=O)c1cn(-c2cc(OC)cc(C(F)(F)F)c2)c2cc(OCc3ccccc3)ccc2c1=O. The normalized spacial score (nSPS) is 11.3. The Kier molecular flexibility index (Phi) is 6.50. The molecule has 0 aliphatic heterocycles. The zero-order chi connectivity index (χ0) is 25.2. The lowest BCUT2D eigenvalue weighted by Crippen LogP contribution is -2.20. The van der Waals surface area contributed by atoms with Crippen molar-refractivity contribution < 1.29 is 32.2 Å². The summed E-state index contributed by atoms with van der Waals surface area (Å²) in [5.41, 5.74) is -0.698. The summed E-state index contributed by atoms with van der Waals surface area (Å²) in [4.78, 5) is 25.3. The molecule has 0 aliphatic carbocycles. The first-order chi connectivity index (χ1) is 16.7. The van der Waals surface area contributed by atoms with Gasteiger partial charge in [-0.15, -0.1) is 0 Å². The molecule has 1 aromatic heterocycles. The van der Waals surface area contributed by atoms with Gasteiger partial charge in [0.1, 0.15) is 23.7 Å². The number of esters is 1. The van der Waals surface area contributed by atoms with Crippen LogP contribution in [-0.2, 0) is 17.5 Å². The summed E-state index contributed by atoms with van der Waals surface area (Å²) in [7, 11) is 2.36. The molecular formula is C26H20F3NO5. The monoisotopic (exact) mass is 483 g/mol. The number of halogens is 3. The fourth-order valence-corrected chi connectivity index (χ4v) is 3.61. The lowest BCUT2D eigenvalue weighted by Gasteiger charge is -2.17. The largest absolute Gasteiger partial charge is 0.497 e. The van der Waals surface area contributed by atoms with Crippen molar-refractivity contribution in [2.75, 3.05) is 14.2 Å². The minimum atomic E-state index is -4.65. The van der Waals surface area contributed by atoms with Crippen LogP contribution in [-0.4, -0.2) is 24.8 Å². The van der Waals surface area contributed by atoms with Gasteiger partial charge in [0.05, 0.1) is 25.3 Å². The first kappa shape index (κ1) is 23.9. The Morgan fingerprint density at radius 3 is 2.34 bits per heavy atom. The van der Waals surface area contributed by atoms with E-state index in [1.54, 1.807) is 6.07 Å². The Labute approximate surface area is 198 Å². The molecule has 0 unspecified atom stereocenters. The molecule has 4 aromatic rings. The van der Waals surface area contributed by atoms with Gasteiger partial charge in [-0.05, 0) is 29.8 Å². The zero-order valence-corrected chi connectivity index (χ0v) is 18.8. The summed E-state index contributed by atoms with van der Waals surface area (Å²) >= 11 is 0. The standard InChI is InChI=1S/C26H20F3NO5/c1-33-20-11-17(26(27,28)29)10-18(12-20)30-14-22(25(32)34-2)24(31)21-9-8-19(13-23(21)30)35-15-16-6-4-3-5-7-16/h3-14H,15H2,1-2H3. The van der Waals surface area contributed by atoms with Gasteiger partial charge in [-0.3, -0.25) is 4.79 Å². The van der Waals surface area contributed by atoms with Gasteiger partial charge in [-0.1, -0.05) is 30.3 Å². The molecule has 180 valence electrons. The molecule has 0 amide bonds. The van der Waals surface area contributed by atoms with Gasteiger partial charge in [-0.25, -0.2) is 4.79 Å². The summed E-state index contributed by atoms with van der Waals surface area (Å²) in [6.07, 6.45) is -3.49. The number of rotatable bonds is 6. The summed E-state index contributed by atoms with van der Waals surface area (Å²) in [5.74, 6) is -0.564. The number of hydrogen-bond acceptors (Lipinski definition) is 5. The van der Waals surface area contributed by atoms with Crippen molar-refractivity contribution in [1.29, 1.82) is 0 Å². The van der Waals surface area contributed by atoms with Gasteiger partial charge in [0.15, 0.2) is 0 Å². The highest BCUT2D eigenvalue weighted by Gasteiger charge is 2.32. The minimum Gasteiger partial charge on any atom is -0.497 e. The van der Waals surface area contributed by atoms with E-state index in [1.807, 2.05) is 30.3 Å². The number of fused-ring (bicyclic) bond motifs is 1. The van der Waals surface area contributed by atoms with Crippen LogP contribution in [0.3, 0.4) is 0 Å².